The average molecular weight is 286 g/mol. The number of rotatable bonds is 4. The van der Waals surface area contributed by atoms with Crippen molar-refractivity contribution < 1.29 is 14.5 Å². The first-order chi connectivity index (χ1) is 9.99. The van der Waals surface area contributed by atoms with E-state index in [1.54, 1.807) is 6.92 Å². The van der Waals surface area contributed by atoms with Gasteiger partial charge in [-0.05, 0) is 18.6 Å². The Morgan fingerprint density at radius 2 is 1.90 bits per heavy atom. The number of nitro benzene ring substituents is 1. The van der Waals surface area contributed by atoms with Crippen molar-refractivity contribution in [2.45, 2.75) is 13.0 Å². The second kappa shape index (κ2) is 6.04. The Kier molecular flexibility index (Phi) is 4.18. The van der Waals surface area contributed by atoms with Crippen LogP contribution in [-0.2, 0) is 4.74 Å². The number of nitrogens with two attached hydrogens (primary N) is 1. The molecule has 2 N–H and O–H groups in total. The average Bonchev–Trinajstić information content (AvgIpc) is 2.48. The van der Waals surface area contributed by atoms with Crippen molar-refractivity contribution in [3.63, 3.8) is 0 Å². The van der Waals surface area contributed by atoms with Crippen LogP contribution in [0.2, 0.25) is 0 Å². The Morgan fingerprint density at radius 1 is 1.24 bits per heavy atom. The van der Waals surface area contributed by atoms with Gasteiger partial charge >= 0.3 is 5.97 Å². The predicted octanol–water partition coefficient (Wildman–Crippen LogP) is 3.10. The Hall–Kier alpha value is -2.89. The van der Waals surface area contributed by atoms with Crippen LogP contribution < -0.4 is 5.73 Å². The highest BCUT2D eigenvalue weighted by molar-refractivity contribution is 5.96. The molecule has 108 valence electrons. The van der Waals surface area contributed by atoms with E-state index in [0.717, 1.165) is 11.6 Å². The molecule has 21 heavy (non-hydrogen) atoms. The smallest absolute Gasteiger partial charge is 0.341 e. The van der Waals surface area contributed by atoms with Crippen LogP contribution in [-0.4, -0.2) is 10.9 Å². The maximum atomic E-state index is 12.1. The van der Waals surface area contributed by atoms with Gasteiger partial charge in [-0.15, -0.1) is 0 Å². The normalized spacial score (nSPS) is 11.7. The summed E-state index contributed by atoms with van der Waals surface area (Å²) in [6.07, 6.45) is -0.475. The zero-order chi connectivity index (χ0) is 15.4. The monoisotopic (exact) mass is 286 g/mol. The third-order valence-corrected chi connectivity index (χ3v) is 3.02. The van der Waals surface area contributed by atoms with E-state index in [-0.39, 0.29) is 16.9 Å². The molecule has 0 aliphatic carbocycles. The van der Waals surface area contributed by atoms with Gasteiger partial charge in [0.05, 0.1) is 10.5 Å². The molecular formula is C15H14N2O4. The van der Waals surface area contributed by atoms with Crippen LogP contribution in [0.15, 0.2) is 48.5 Å². The molecule has 2 rings (SSSR count). The topological polar surface area (TPSA) is 95.5 Å². The molecule has 2 aromatic carbocycles. The van der Waals surface area contributed by atoms with E-state index in [0.29, 0.717) is 0 Å². The van der Waals surface area contributed by atoms with Gasteiger partial charge in [-0.1, -0.05) is 30.3 Å². The lowest BCUT2D eigenvalue weighted by atomic mass is 10.1. The highest BCUT2D eigenvalue weighted by atomic mass is 16.6. The molecule has 6 nitrogen and oxygen atoms in total. The summed E-state index contributed by atoms with van der Waals surface area (Å²) in [6, 6.07) is 12.9. The summed E-state index contributed by atoms with van der Waals surface area (Å²) < 4.78 is 5.30. The number of esters is 1. The van der Waals surface area contributed by atoms with Crippen LogP contribution >= 0.6 is 0 Å². The fourth-order valence-corrected chi connectivity index (χ4v) is 1.85. The van der Waals surface area contributed by atoms with Gasteiger partial charge in [0, 0.05) is 17.8 Å². The fourth-order valence-electron chi connectivity index (χ4n) is 1.85. The van der Waals surface area contributed by atoms with Crippen molar-refractivity contribution in [1.82, 2.24) is 0 Å². The lowest BCUT2D eigenvalue weighted by molar-refractivity contribution is -0.384. The number of benzene rings is 2. The van der Waals surface area contributed by atoms with E-state index in [2.05, 4.69) is 0 Å². The Labute approximate surface area is 121 Å². The predicted molar refractivity (Wildman–Crippen MR) is 77.8 cm³/mol. The highest BCUT2D eigenvalue weighted by Crippen LogP contribution is 2.23. The van der Waals surface area contributed by atoms with Crippen LogP contribution in [0.25, 0.3) is 0 Å². The number of hydrogen-bond acceptors (Lipinski definition) is 5. The van der Waals surface area contributed by atoms with Crippen molar-refractivity contribution in [2.75, 3.05) is 5.73 Å². The summed E-state index contributed by atoms with van der Waals surface area (Å²) in [5.74, 6) is -0.687. The Balaban J connectivity index is 2.21. The summed E-state index contributed by atoms with van der Waals surface area (Å²) in [6.45, 7) is 1.72. The van der Waals surface area contributed by atoms with E-state index < -0.39 is 17.0 Å². The SMILES string of the molecule is CC(OC(=O)c1cc([N+](=O)[O-])ccc1N)c1ccccc1. The van der Waals surface area contributed by atoms with Crippen LogP contribution in [0.5, 0.6) is 0 Å². The minimum absolute atomic E-state index is 0.00742. The van der Waals surface area contributed by atoms with Crippen molar-refractivity contribution in [3.8, 4) is 0 Å². The number of non-ortho nitro benzene ring substituents is 1. The lowest BCUT2D eigenvalue weighted by Gasteiger charge is -2.14. The van der Waals surface area contributed by atoms with Gasteiger partial charge in [0.25, 0.3) is 5.69 Å². The molecule has 0 fully saturated rings. The zero-order valence-corrected chi connectivity index (χ0v) is 11.4. The third kappa shape index (κ3) is 3.36. The summed E-state index contributed by atoms with van der Waals surface area (Å²) in [7, 11) is 0. The van der Waals surface area contributed by atoms with E-state index in [1.165, 1.54) is 12.1 Å². The number of nitrogens with zero attached hydrogens (tertiary/aromatic N) is 1. The van der Waals surface area contributed by atoms with Gasteiger partial charge in [0.2, 0.25) is 0 Å². The van der Waals surface area contributed by atoms with E-state index in [4.69, 9.17) is 10.5 Å². The minimum atomic E-state index is -0.687. The van der Waals surface area contributed by atoms with Crippen LogP contribution in [0, 0.1) is 10.1 Å². The van der Waals surface area contributed by atoms with Crippen molar-refractivity contribution in [3.05, 3.63) is 69.8 Å². The van der Waals surface area contributed by atoms with Crippen LogP contribution in [0.4, 0.5) is 11.4 Å². The molecule has 0 amide bonds. The molecule has 1 unspecified atom stereocenters. The number of carbonyl (C=O) groups excluding carboxylic acids is 1. The molecule has 0 aliphatic rings. The minimum Gasteiger partial charge on any atom is -0.454 e. The molecule has 0 heterocycles. The summed E-state index contributed by atoms with van der Waals surface area (Å²) >= 11 is 0. The van der Waals surface area contributed by atoms with Gasteiger partial charge in [-0.3, -0.25) is 10.1 Å². The Bertz CT molecular complexity index is 671. The summed E-state index contributed by atoms with van der Waals surface area (Å²) in [4.78, 5) is 22.3. The molecule has 0 saturated carbocycles. The second-order valence-electron chi connectivity index (χ2n) is 4.49. The number of carbonyl (C=O) groups is 1. The first-order valence-corrected chi connectivity index (χ1v) is 6.29. The van der Waals surface area contributed by atoms with Gasteiger partial charge in [-0.25, -0.2) is 4.79 Å². The van der Waals surface area contributed by atoms with Gasteiger partial charge in [0.15, 0.2) is 0 Å². The maximum Gasteiger partial charge on any atom is 0.341 e. The molecule has 1 atom stereocenters. The van der Waals surface area contributed by atoms with Gasteiger partial charge < -0.3 is 10.5 Å². The molecule has 0 radical (unpaired) electrons. The molecule has 2 aromatic rings. The lowest BCUT2D eigenvalue weighted by Crippen LogP contribution is -2.11. The molecule has 0 aromatic heterocycles. The molecule has 6 heteroatoms. The molecule has 0 aliphatic heterocycles. The fraction of sp³-hybridized carbons (Fsp3) is 0.133. The van der Waals surface area contributed by atoms with Crippen LogP contribution in [0.1, 0.15) is 28.9 Å². The molecule has 0 saturated heterocycles. The second-order valence-corrected chi connectivity index (χ2v) is 4.49. The number of ether oxygens (including phenoxy) is 1. The maximum absolute atomic E-state index is 12.1. The van der Waals surface area contributed by atoms with Crippen molar-refractivity contribution in [2.24, 2.45) is 0 Å². The number of nitro groups is 1. The van der Waals surface area contributed by atoms with Crippen LogP contribution in [0.3, 0.4) is 0 Å². The van der Waals surface area contributed by atoms with Gasteiger partial charge in [0.1, 0.15) is 6.10 Å². The largest absolute Gasteiger partial charge is 0.454 e. The first kappa shape index (κ1) is 14.5. The number of anilines is 1. The molecular weight excluding hydrogens is 272 g/mol. The number of nitrogen functional groups attached to an aromatic ring is 1. The van der Waals surface area contributed by atoms with E-state index >= 15 is 0 Å². The number of hydrogen-bond donors (Lipinski definition) is 1. The van der Waals surface area contributed by atoms with E-state index in [9.17, 15) is 14.9 Å². The first-order valence-electron chi connectivity index (χ1n) is 6.29. The highest BCUT2D eigenvalue weighted by Gasteiger charge is 2.19. The van der Waals surface area contributed by atoms with Gasteiger partial charge in [-0.2, -0.15) is 0 Å². The molecule has 0 spiro atoms. The quantitative estimate of drug-likeness (QED) is 0.403. The summed E-state index contributed by atoms with van der Waals surface area (Å²) in [5, 5.41) is 10.7. The van der Waals surface area contributed by atoms with E-state index in [1.807, 2.05) is 30.3 Å². The van der Waals surface area contributed by atoms with Crippen molar-refractivity contribution >= 4 is 17.3 Å². The van der Waals surface area contributed by atoms with Crippen molar-refractivity contribution in [1.29, 1.82) is 0 Å². The zero-order valence-electron chi connectivity index (χ0n) is 11.4. The molecule has 0 bridgehead atoms. The standard InChI is InChI=1S/C15H14N2O4/c1-10(11-5-3-2-4-6-11)21-15(18)13-9-12(17(19)20)7-8-14(13)16/h2-10H,16H2,1H3. The summed E-state index contributed by atoms with van der Waals surface area (Å²) in [5.41, 5.74) is 6.44. The Morgan fingerprint density at radius 3 is 2.52 bits per heavy atom. The third-order valence-electron chi connectivity index (χ3n) is 3.02.